The number of rotatable bonds is 6. The summed E-state index contributed by atoms with van der Waals surface area (Å²) in [6.07, 6.45) is 2.08. The van der Waals surface area contributed by atoms with E-state index in [1.54, 1.807) is 25.7 Å². The Hall–Kier alpha value is -2.15. The van der Waals surface area contributed by atoms with Gasteiger partial charge in [-0.15, -0.1) is 0 Å². The van der Waals surface area contributed by atoms with Gasteiger partial charge in [-0.25, -0.2) is 9.59 Å². The van der Waals surface area contributed by atoms with Crippen LogP contribution in [-0.2, 0) is 16.0 Å². The maximum Gasteiger partial charge on any atom is 0.408 e. The number of likely N-dealkylation sites (tertiary alicyclic amines) is 1. The third kappa shape index (κ3) is 6.50. The van der Waals surface area contributed by atoms with E-state index in [2.05, 4.69) is 5.32 Å². The van der Waals surface area contributed by atoms with Crippen molar-refractivity contribution in [2.75, 3.05) is 6.54 Å². The van der Waals surface area contributed by atoms with E-state index in [9.17, 15) is 14.7 Å². The molecule has 2 rings (SSSR count). The standard InChI is InChI=1S/C20H28N2O4S/c1-20(2,3)26-19(25)21-15(12-11-14-8-5-4-6-9-14)17(27)22-13-7-10-16(22)18(23)24/h4-6,8-9,15-16H,7,10-13H2,1-3H3,(H,21,25)(H,23,24)/t15?,16-/m0/s1. The quantitative estimate of drug-likeness (QED) is 0.723. The number of ether oxygens (including phenoxy) is 1. The van der Waals surface area contributed by atoms with Crippen molar-refractivity contribution in [1.29, 1.82) is 0 Å². The molecule has 0 bridgehead atoms. The third-order valence-corrected chi connectivity index (χ3v) is 4.89. The van der Waals surface area contributed by atoms with Crippen molar-refractivity contribution >= 4 is 29.3 Å². The number of aliphatic carboxylic acids is 1. The van der Waals surface area contributed by atoms with E-state index in [4.69, 9.17) is 17.0 Å². The Morgan fingerprint density at radius 2 is 2.00 bits per heavy atom. The molecule has 7 heteroatoms. The first kappa shape index (κ1) is 21.2. The van der Waals surface area contributed by atoms with E-state index < -0.39 is 29.7 Å². The first-order valence-electron chi connectivity index (χ1n) is 9.24. The van der Waals surface area contributed by atoms with Crippen molar-refractivity contribution in [3.8, 4) is 0 Å². The van der Waals surface area contributed by atoms with Crippen molar-refractivity contribution in [1.82, 2.24) is 10.2 Å². The highest BCUT2D eigenvalue weighted by Crippen LogP contribution is 2.21. The molecule has 148 valence electrons. The summed E-state index contributed by atoms with van der Waals surface area (Å²) in [6, 6.07) is 8.82. The molecular weight excluding hydrogens is 364 g/mol. The number of nitrogens with one attached hydrogen (secondary N) is 1. The molecule has 1 aromatic carbocycles. The van der Waals surface area contributed by atoms with Gasteiger partial charge in [-0.05, 0) is 52.0 Å². The van der Waals surface area contributed by atoms with Crippen molar-refractivity contribution in [2.45, 2.75) is 64.1 Å². The maximum absolute atomic E-state index is 12.3. The molecule has 1 heterocycles. The molecule has 0 aromatic heterocycles. The van der Waals surface area contributed by atoms with Gasteiger partial charge in [0.2, 0.25) is 0 Å². The van der Waals surface area contributed by atoms with Crippen molar-refractivity contribution in [3.05, 3.63) is 35.9 Å². The molecule has 6 nitrogen and oxygen atoms in total. The summed E-state index contributed by atoms with van der Waals surface area (Å²) in [5.41, 5.74) is 0.514. The van der Waals surface area contributed by atoms with Crippen molar-refractivity contribution < 1.29 is 19.4 Å². The molecule has 1 amide bonds. The van der Waals surface area contributed by atoms with Crippen LogP contribution in [0.2, 0.25) is 0 Å². The number of benzene rings is 1. The van der Waals surface area contributed by atoms with Crippen LogP contribution < -0.4 is 5.32 Å². The minimum atomic E-state index is -0.881. The molecule has 1 aliphatic heterocycles. The first-order chi connectivity index (χ1) is 12.7. The fourth-order valence-corrected chi connectivity index (χ4v) is 3.55. The van der Waals surface area contributed by atoms with Crippen LogP contribution in [0.5, 0.6) is 0 Å². The first-order valence-corrected chi connectivity index (χ1v) is 9.65. The molecule has 0 radical (unpaired) electrons. The van der Waals surface area contributed by atoms with Gasteiger partial charge in [-0.3, -0.25) is 0 Å². The number of amides is 1. The van der Waals surface area contributed by atoms with Gasteiger partial charge < -0.3 is 20.1 Å². The topological polar surface area (TPSA) is 78.9 Å². The van der Waals surface area contributed by atoms with Crippen LogP contribution >= 0.6 is 12.2 Å². The molecule has 0 saturated carbocycles. The van der Waals surface area contributed by atoms with Gasteiger partial charge in [-0.2, -0.15) is 0 Å². The zero-order chi connectivity index (χ0) is 20.0. The summed E-state index contributed by atoms with van der Waals surface area (Å²) in [4.78, 5) is 26.0. The Morgan fingerprint density at radius 3 is 2.59 bits per heavy atom. The molecule has 0 spiro atoms. The minimum absolute atomic E-state index is 0.460. The van der Waals surface area contributed by atoms with Gasteiger partial charge in [0.25, 0.3) is 0 Å². The number of aryl methyl sites for hydroxylation is 1. The molecule has 27 heavy (non-hydrogen) atoms. The lowest BCUT2D eigenvalue weighted by molar-refractivity contribution is -0.140. The Balaban J connectivity index is 2.11. The zero-order valence-electron chi connectivity index (χ0n) is 16.1. The average Bonchev–Trinajstić information content (AvgIpc) is 3.07. The van der Waals surface area contributed by atoms with Crippen LogP contribution in [0.3, 0.4) is 0 Å². The summed E-state index contributed by atoms with van der Waals surface area (Å²) >= 11 is 5.60. The van der Waals surface area contributed by atoms with Gasteiger partial charge >= 0.3 is 12.1 Å². The van der Waals surface area contributed by atoms with Crippen LogP contribution in [0.1, 0.15) is 45.6 Å². The Bertz CT molecular complexity index is 672. The summed E-state index contributed by atoms with van der Waals surface area (Å²) in [5, 5.41) is 12.3. The smallest absolute Gasteiger partial charge is 0.408 e. The van der Waals surface area contributed by atoms with Crippen molar-refractivity contribution in [3.63, 3.8) is 0 Å². The van der Waals surface area contributed by atoms with E-state index in [1.165, 1.54) is 0 Å². The van der Waals surface area contributed by atoms with Crippen LogP contribution in [0.25, 0.3) is 0 Å². The second kappa shape index (κ2) is 9.17. The monoisotopic (exact) mass is 392 g/mol. The molecule has 1 fully saturated rings. The Kier molecular flexibility index (Phi) is 7.18. The maximum atomic E-state index is 12.3. The summed E-state index contributed by atoms with van der Waals surface area (Å²) in [5.74, 6) is -0.881. The van der Waals surface area contributed by atoms with Gasteiger partial charge in [-0.1, -0.05) is 42.5 Å². The second-order valence-electron chi connectivity index (χ2n) is 7.75. The summed E-state index contributed by atoms with van der Waals surface area (Å²) in [7, 11) is 0. The van der Waals surface area contributed by atoms with Gasteiger partial charge in [0, 0.05) is 6.54 Å². The lowest BCUT2D eigenvalue weighted by Crippen LogP contribution is -2.51. The Morgan fingerprint density at radius 1 is 1.33 bits per heavy atom. The number of carboxylic acid groups (broad SMARTS) is 1. The van der Waals surface area contributed by atoms with Crippen LogP contribution in [-0.4, -0.2) is 51.3 Å². The number of hydrogen-bond acceptors (Lipinski definition) is 4. The largest absolute Gasteiger partial charge is 0.480 e. The second-order valence-corrected chi connectivity index (χ2v) is 8.17. The Labute approximate surface area is 165 Å². The fraction of sp³-hybridized carbons (Fsp3) is 0.550. The van der Waals surface area contributed by atoms with E-state index in [1.807, 2.05) is 30.3 Å². The molecule has 0 aliphatic carbocycles. The van der Waals surface area contributed by atoms with E-state index >= 15 is 0 Å². The summed E-state index contributed by atoms with van der Waals surface area (Å²) < 4.78 is 5.36. The highest BCUT2D eigenvalue weighted by Gasteiger charge is 2.35. The highest BCUT2D eigenvalue weighted by atomic mass is 32.1. The molecule has 2 atom stereocenters. The van der Waals surface area contributed by atoms with Gasteiger partial charge in [0.15, 0.2) is 0 Å². The predicted molar refractivity (Wildman–Crippen MR) is 108 cm³/mol. The van der Waals surface area contributed by atoms with Gasteiger partial charge in [0.1, 0.15) is 16.6 Å². The normalized spacial score (nSPS) is 18.0. The van der Waals surface area contributed by atoms with Crippen LogP contribution in [0.4, 0.5) is 4.79 Å². The molecule has 1 saturated heterocycles. The van der Waals surface area contributed by atoms with Gasteiger partial charge in [0.05, 0.1) is 6.04 Å². The van der Waals surface area contributed by atoms with E-state index in [0.29, 0.717) is 30.8 Å². The number of nitrogens with zero attached hydrogens (tertiary/aromatic N) is 1. The number of carbonyl (C=O) groups is 2. The number of alkyl carbamates (subject to hydrolysis) is 1. The predicted octanol–water partition coefficient (Wildman–Crippen LogP) is 3.39. The fourth-order valence-electron chi connectivity index (χ4n) is 3.15. The molecule has 1 aliphatic rings. The SMILES string of the molecule is CC(C)(C)OC(=O)NC(CCc1ccccc1)C(=S)N1CCC[C@H]1C(=O)O. The minimum Gasteiger partial charge on any atom is -0.480 e. The molecule has 1 unspecified atom stereocenters. The zero-order valence-corrected chi connectivity index (χ0v) is 16.9. The number of thiocarbonyl (C=S) groups is 1. The van der Waals surface area contributed by atoms with Crippen LogP contribution in [0.15, 0.2) is 30.3 Å². The number of carboxylic acids is 1. The highest BCUT2D eigenvalue weighted by molar-refractivity contribution is 7.80. The molecular formula is C20H28N2O4S. The van der Waals surface area contributed by atoms with Crippen molar-refractivity contribution in [2.24, 2.45) is 0 Å². The van der Waals surface area contributed by atoms with E-state index in [-0.39, 0.29) is 0 Å². The van der Waals surface area contributed by atoms with E-state index in [0.717, 1.165) is 12.0 Å². The molecule has 2 N–H and O–H groups in total. The number of hydrogen-bond donors (Lipinski definition) is 2. The molecule has 1 aromatic rings. The van der Waals surface area contributed by atoms with Crippen LogP contribution in [0, 0.1) is 0 Å². The lowest BCUT2D eigenvalue weighted by Gasteiger charge is -2.31. The third-order valence-electron chi connectivity index (χ3n) is 4.37. The average molecular weight is 393 g/mol. The number of carbonyl (C=O) groups excluding carboxylic acids is 1. The lowest BCUT2D eigenvalue weighted by atomic mass is 10.0. The summed E-state index contributed by atoms with van der Waals surface area (Å²) in [6.45, 7) is 5.98.